The van der Waals surface area contributed by atoms with Crippen LogP contribution < -0.4 is 0 Å². The summed E-state index contributed by atoms with van der Waals surface area (Å²) in [6, 6.07) is 30.5. The van der Waals surface area contributed by atoms with Crippen LogP contribution in [-0.2, 0) is 30.6 Å². The van der Waals surface area contributed by atoms with E-state index in [0.717, 1.165) is 25.8 Å². The van der Waals surface area contributed by atoms with Gasteiger partial charge in [0.2, 0.25) is 5.91 Å². The van der Waals surface area contributed by atoms with Crippen molar-refractivity contribution >= 4 is 5.91 Å². The lowest BCUT2D eigenvalue weighted by atomic mass is 9.85. The molecule has 0 saturated carbocycles. The second-order valence-electron chi connectivity index (χ2n) is 11.1. The van der Waals surface area contributed by atoms with Crippen LogP contribution in [0.25, 0.3) is 0 Å². The standard InChI is InChI=1S/C35H35FN2O/c1-24-15-16-25(2)32(19-24)35-31-13-7-5-9-26(31)17-18-37(35)23-34(39)38(22-29-12-6-8-14-33(29)36)30-20-27-10-3-4-11-28(27)21-30/h3-16,19,30,35H,17-18,20-23H2,1-2H3. The van der Waals surface area contributed by atoms with Gasteiger partial charge in [-0.05, 0) is 72.6 Å². The van der Waals surface area contributed by atoms with Gasteiger partial charge in [-0.25, -0.2) is 4.39 Å². The lowest BCUT2D eigenvalue weighted by Crippen LogP contribution is -2.48. The lowest BCUT2D eigenvalue weighted by Gasteiger charge is -2.40. The number of carbonyl (C=O) groups excluding carboxylic acids is 1. The van der Waals surface area contributed by atoms with Crippen molar-refractivity contribution in [3.05, 3.63) is 141 Å². The Hall–Kier alpha value is -3.76. The molecule has 6 rings (SSSR count). The van der Waals surface area contributed by atoms with Crippen LogP contribution in [0.3, 0.4) is 0 Å². The van der Waals surface area contributed by atoms with Gasteiger partial charge in [0.05, 0.1) is 12.6 Å². The first-order chi connectivity index (χ1) is 19.0. The van der Waals surface area contributed by atoms with E-state index in [4.69, 9.17) is 0 Å². The molecule has 4 heteroatoms. The van der Waals surface area contributed by atoms with Crippen molar-refractivity contribution in [3.63, 3.8) is 0 Å². The Balaban J connectivity index is 1.34. The van der Waals surface area contributed by atoms with Crippen molar-refractivity contribution in [2.45, 2.75) is 51.7 Å². The van der Waals surface area contributed by atoms with Crippen LogP contribution in [0.4, 0.5) is 4.39 Å². The molecule has 1 amide bonds. The van der Waals surface area contributed by atoms with Gasteiger partial charge in [-0.2, -0.15) is 0 Å². The number of aryl methyl sites for hydroxylation is 2. The van der Waals surface area contributed by atoms with Gasteiger partial charge in [-0.1, -0.05) is 90.5 Å². The summed E-state index contributed by atoms with van der Waals surface area (Å²) in [7, 11) is 0. The molecule has 198 valence electrons. The molecule has 2 aliphatic rings. The van der Waals surface area contributed by atoms with Crippen molar-refractivity contribution in [3.8, 4) is 0 Å². The van der Waals surface area contributed by atoms with E-state index in [1.54, 1.807) is 12.1 Å². The van der Waals surface area contributed by atoms with E-state index in [1.807, 2.05) is 11.0 Å². The first kappa shape index (κ1) is 25.5. The molecule has 3 nitrogen and oxygen atoms in total. The number of amides is 1. The highest BCUT2D eigenvalue weighted by Gasteiger charge is 2.35. The maximum Gasteiger partial charge on any atom is 0.237 e. The minimum atomic E-state index is -0.258. The van der Waals surface area contributed by atoms with E-state index >= 15 is 0 Å². The molecule has 0 saturated heterocycles. The summed E-state index contributed by atoms with van der Waals surface area (Å²) in [5.41, 5.74) is 9.47. The molecule has 0 radical (unpaired) electrons. The van der Waals surface area contributed by atoms with E-state index in [-0.39, 0.29) is 30.4 Å². The third-order valence-electron chi connectivity index (χ3n) is 8.54. The van der Waals surface area contributed by atoms with Crippen LogP contribution >= 0.6 is 0 Å². The zero-order valence-electron chi connectivity index (χ0n) is 22.7. The number of halogens is 1. The number of carbonyl (C=O) groups is 1. The van der Waals surface area contributed by atoms with Crippen LogP contribution in [0.1, 0.15) is 50.5 Å². The van der Waals surface area contributed by atoms with Crippen LogP contribution in [-0.4, -0.2) is 34.8 Å². The fourth-order valence-electron chi connectivity index (χ4n) is 6.46. The largest absolute Gasteiger partial charge is 0.333 e. The summed E-state index contributed by atoms with van der Waals surface area (Å²) in [6.45, 7) is 5.67. The van der Waals surface area contributed by atoms with Gasteiger partial charge in [-0.3, -0.25) is 9.69 Å². The molecule has 4 aromatic rings. The Kier molecular flexibility index (Phi) is 7.05. The van der Waals surface area contributed by atoms with Gasteiger partial charge in [-0.15, -0.1) is 0 Å². The van der Waals surface area contributed by atoms with Gasteiger partial charge >= 0.3 is 0 Å². The molecule has 39 heavy (non-hydrogen) atoms. The fraction of sp³-hybridized carbons (Fsp3) is 0.286. The highest BCUT2D eigenvalue weighted by atomic mass is 19.1. The Morgan fingerprint density at radius 3 is 2.26 bits per heavy atom. The van der Waals surface area contributed by atoms with Crippen molar-refractivity contribution in [2.75, 3.05) is 13.1 Å². The Labute approximate surface area is 230 Å². The summed E-state index contributed by atoms with van der Waals surface area (Å²) in [4.78, 5) is 18.5. The highest BCUT2D eigenvalue weighted by molar-refractivity contribution is 5.79. The summed E-state index contributed by atoms with van der Waals surface area (Å²) in [6.07, 6.45) is 2.52. The lowest BCUT2D eigenvalue weighted by molar-refractivity contribution is -0.136. The molecule has 4 aromatic carbocycles. The first-order valence-electron chi connectivity index (χ1n) is 14.0. The van der Waals surface area contributed by atoms with Gasteiger partial charge in [0.25, 0.3) is 0 Å². The van der Waals surface area contributed by atoms with E-state index in [9.17, 15) is 9.18 Å². The Morgan fingerprint density at radius 1 is 0.846 bits per heavy atom. The summed E-state index contributed by atoms with van der Waals surface area (Å²) in [5, 5.41) is 0. The van der Waals surface area contributed by atoms with E-state index < -0.39 is 0 Å². The maximum atomic E-state index is 14.8. The molecule has 0 N–H and O–H groups in total. The average molecular weight is 519 g/mol. The monoisotopic (exact) mass is 518 g/mol. The average Bonchev–Trinajstić information content (AvgIpc) is 3.38. The van der Waals surface area contributed by atoms with Crippen LogP contribution in [0, 0.1) is 19.7 Å². The third-order valence-corrected chi connectivity index (χ3v) is 8.54. The van der Waals surface area contributed by atoms with Gasteiger partial charge in [0, 0.05) is 24.7 Å². The summed E-state index contributed by atoms with van der Waals surface area (Å²) < 4.78 is 14.8. The van der Waals surface area contributed by atoms with Crippen LogP contribution in [0.15, 0.2) is 91.0 Å². The highest BCUT2D eigenvalue weighted by Crippen LogP contribution is 2.37. The molecule has 1 aliphatic carbocycles. The number of hydrogen-bond acceptors (Lipinski definition) is 2. The molecule has 0 aromatic heterocycles. The Morgan fingerprint density at radius 2 is 1.51 bits per heavy atom. The van der Waals surface area contributed by atoms with E-state index in [0.29, 0.717) is 12.1 Å². The normalized spacial score (nSPS) is 17.1. The summed E-state index contributed by atoms with van der Waals surface area (Å²) >= 11 is 0. The third kappa shape index (κ3) is 5.14. The molecule has 1 atom stereocenters. The zero-order valence-corrected chi connectivity index (χ0v) is 22.7. The number of rotatable bonds is 6. The minimum Gasteiger partial charge on any atom is -0.333 e. The van der Waals surface area contributed by atoms with Crippen molar-refractivity contribution < 1.29 is 9.18 Å². The zero-order chi connectivity index (χ0) is 26.9. The van der Waals surface area contributed by atoms with E-state index in [1.165, 1.54) is 45.0 Å². The van der Waals surface area contributed by atoms with Crippen molar-refractivity contribution in [2.24, 2.45) is 0 Å². The van der Waals surface area contributed by atoms with Gasteiger partial charge in [0.15, 0.2) is 0 Å². The quantitative estimate of drug-likeness (QED) is 0.288. The second kappa shape index (κ2) is 10.8. The molecule has 1 heterocycles. The second-order valence-corrected chi connectivity index (χ2v) is 11.1. The predicted octanol–water partition coefficient (Wildman–Crippen LogP) is 6.59. The number of benzene rings is 4. The van der Waals surface area contributed by atoms with Crippen molar-refractivity contribution in [1.82, 2.24) is 9.80 Å². The molecule has 1 aliphatic heterocycles. The summed E-state index contributed by atoms with van der Waals surface area (Å²) in [5.74, 6) is -0.197. The SMILES string of the molecule is Cc1ccc(C)c(C2c3ccccc3CCN2CC(=O)N(Cc2ccccc2F)C2Cc3ccccc3C2)c1. The molecular formula is C35H35FN2O. The Bertz CT molecular complexity index is 1490. The fourth-order valence-corrected chi connectivity index (χ4v) is 6.46. The minimum absolute atomic E-state index is 0.00915. The molecule has 0 bridgehead atoms. The predicted molar refractivity (Wildman–Crippen MR) is 154 cm³/mol. The molecular weight excluding hydrogens is 483 g/mol. The molecule has 1 unspecified atom stereocenters. The van der Waals surface area contributed by atoms with Gasteiger partial charge in [0.1, 0.15) is 5.82 Å². The molecule has 0 fully saturated rings. The van der Waals surface area contributed by atoms with E-state index in [2.05, 4.69) is 85.5 Å². The maximum absolute atomic E-state index is 14.8. The number of hydrogen-bond donors (Lipinski definition) is 0. The number of fused-ring (bicyclic) bond motifs is 2. The molecule has 0 spiro atoms. The first-order valence-corrected chi connectivity index (χ1v) is 14.0. The van der Waals surface area contributed by atoms with Crippen LogP contribution in [0.5, 0.6) is 0 Å². The van der Waals surface area contributed by atoms with Gasteiger partial charge < -0.3 is 4.90 Å². The van der Waals surface area contributed by atoms with Crippen molar-refractivity contribution in [1.29, 1.82) is 0 Å². The van der Waals surface area contributed by atoms with Crippen LogP contribution in [0.2, 0.25) is 0 Å². The smallest absolute Gasteiger partial charge is 0.237 e. The number of nitrogens with zero attached hydrogens (tertiary/aromatic N) is 2. The topological polar surface area (TPSA) is 23.6 Å².